The number of likely N-dealkylation sites (tertiary alicyclic amines) is 2. The topological polar surface area (TPSA) is 64.7 Å². The van der Waals surface area contributed by atoms with Gasteiger partial charge in [0.1, 0.15) is 0 Å². The first kappa shape index (κ1) is 21.6. The Hall–Kier alpha value is -2.08. The monoisotopic (exact) mass is 400 g/mol. The predicted molar refractivity (Wildman–Crippen MR) is 116 cm³/mol. The average Bonchev–Trinajstić information content (AvgIpc) is 2.75. The molecule has 0 unspecified atom stereocenters. The van der Waals surface area contributed by atoms with Gasteiger partial charge in [0, 0.05) is 38.3 Å². The van der Waals surface area contributed by atoms with E-state index in [1.165, 1.54) is 24.8 Å². The molecule has 0 radical (unpaired) electrons. The molecule has 1 aromatic rings. The summed E-state index contributed by atoms with van der Waals surface area (Å²) in [5.74, 6) is 0.619. The van der Waals surface area contributed by atoms with Crippen molar-refractivity contribution in [2.75, 3.05) is 45.8 Å². The van der Waals surface area contributed by atoms with Crippen LogP contribution in [0.15, 0.2) is 24.3 Å². The number of nitrogens with zero attached hydrogens (tertiary/aromatic N) is 2. The number of hydrogen-bond donors (Lipinski definition) is 2. The zero-order valence-electron chi connectivity index (χ0n) is 17.8. The normalized spacial score (nSPS) is 18.4. The van der Waals surface area contributed by atoms with Crippen LogP contribution in [0.3, 0.4) is 0 Å². The summed E-state index contributed by atoms with van der Waals surface area (Å²) < 4.78 is 0. The second-order valence-electron chi connectivity index (χ2n) is 8.33. The Morgan fingerprint density at radius 2 is 1.66 bits per heavy atom. The lowest BCUT2D eigenvalue weighted by Crippen LogP contribution is -2.44. The van der Waals surface area contributed by atoms with Crippen molar-refractivity contribution in [1.29, 1.82) is 0 Å². The molecular formula is C23H36N4O2. The van der Waals surface area contributed by atoms with Crippen LogP contribution < -0.4 is 10.6 Å². The minimum atomic E-state index is 0.0174. The van der Waals surface area contributed by atoms with E-state index in [0.29, 0.717) is 19.0 Å². The number of piperidine rings is 2. The van der Waals surface area contributed by atoms with E-state index in [9.17, 15) is 9.59 Å². The van der Waals surface area contributed by atoms with E-state index in [0.717, 1.165) is 57.5 Å². The number of benzene rings is 1. The molecule has 0 spiro atoms. The molecule has 2 fully saturated rings. The van der Waals surface area contributed by atoms with Gasteiger partial charge in [-0.3, -0.25) is 4.79 Å². The van der Waals surface area contributed by atoms with Crippen LogP contribution in [0.4, 0.5) is 4.79 Å². The summed E-state index contributed by atoms with van der Waals surface area (Å²) >= 11 is 0. The standard InChI is InChI=1S/C23H36N4O2/c1-2-24-23(29)27-15-10-20(11-16-27)18-19-6-8-21(9-7-19)22(28)25-12-17-26-13-4-3-5-14-26/h6-9,20H,2-5,10-18H2,1H3,(H,24,29)(H,25,28). The summed E-state index contributed by atoms with van der Waals surface area (Å²) in [5.41, 5.74) is 2.00. The van der Waals surface area contributed by atoms with Gasteiger partial charge in [0.25, 0.3) is 5.91 Å². The Morgan fingerprint density at radius 3 is 2.31 bits per heavy atom. The largest absolute Gasteiger partial charge is 0.351 e. The Balaban J connectivity index is 1.38. The highest BCUT2D eigenvalue weighted by molar-refractivity contribution is 5.94. The van der Waals surface area contributed by atoms with E-state index in [2.05, 4.69) is 27.7 Å². The van der Waals surface area contributed by atoms with Crippen LogP contribution in [0, 0.1) is 5.92 Å². The first-order valence-corrected chi connectivity index (χ1v) is 11.3. The number of rotatable bonds is 7. The second-order valence-corrected chi connectivity index (χ2v) is 8.33. The van der Waals surface area contributed by atoms with Gasteiger partial charge in [0.15, 0.2) is 0 Å². The molecule has 160 valence electrons. The summed E-state index contributed by atoms with van der Waals surface area (Å²) in [6.07, 6.45) is 6.98. The molecule has 2 saturated heterocycles. The van der Waals surface area contributed by atoms with Gasteiger partial charge >= 0.3 is 6.03 Å². The second kappa shape index (κ2) is 11.2. The lowest BCUT2D eigenvalue weighted by Gasteiger charge is -2.32. The molecule has 0 atom stereocenters. The molecule has 0 aliphatic carbocycles. The molecule has 2 N–H and O–H groups in total. The van der Waals surface area contributed by atoms with Crippen molar-refractivity contribution < 1.29 is 9.59 Å². The average molecular weight is 401 g/mol. The third-order valence-corrected chi connectivity index (χ3v) is 6.13. The number of carbonyl (C=O) groups excluding carboxylic acids is 2. The Kier molecular flexibility index (Phi) is 8.35. The summed E-state index contributed by atoms with van der Waals surface area (Å²) in [4.78, 5) is 28.6. The van der Waals surface area contributed by atoms with Gasteiger partial charge in [0.2, 0.25) is 0 Å². The molecule has 2 aliphatic heterocycles. The maximum absolute atomic E-state index is 12.4. The molecule has 0 aromatic heterocycles. The quantitative estimate of drug-likeness (QED) is 0.740. The van der Waals surface area contributed by atoms with E-state index in [1.807, 2.05) is 24.0 Å². The van der Waals surface area contributed by atoms with Gasteiger partial charge in [0.05, 0.1) is 0 Å². The van der Waals surface area contributed by atoms with Crippen molar-refractivity contribution in [2.24, 2.45) is 5.92 Å². The first-order chi connectivity index (χ1) is 14.2. The maximum atomic E-state index is 12.4. The van der Waals surface area contributed by atoms with Gasteiger partial charge < -0.3 is 20.4 Å². The zero-order valence-corrected chi connectivity index (χ0v) is 17.8. The van der Waals surface area contributed by atoms with E-state index in [1.54, 1.807) is 0 Å². The Bertz CT molecular complexity index is 647. The number of hydrogen-bond acceptors (Lipinski definition) is 3. The van der Waals surface area contributed by atoms with Crippen molar-refractivity contribution in [2.45, 2.75) is 45.4 Å². The van der Waals surface area contributed by atoms with E-state index in [4.69, 9.17) is 0 Å². The third kappa shape index (κ3) is 6.74. The van der Waals surface area contributed by atoms with Crippen LogP contribution in [0.2, 0.25) is 0 Å². The fourth-order valence-corrected chi connectivity index (χ4v) is 4.34. The minimum Gasteiger partial charge on any atom is -0.351 e. The van der Waals surface area contributed by atoms with E-state index >= 15 is 0 Å². The highest BCUT2D eigenvalue weighted by atomic mass is 16.2. The van der Waals surface area contributed by atoms with Crippen molar-refractivity contribution >= 4 is 11.9 Å². The van der Waals surface area contributed by atoms with Gasteiger partial charge in [-0.2, -0.15) is 0 Å². The van der Waals surface area contributed by atoms with E-state index < -0.39 is 0 Å². The van der Waals surface area contributed by atoms with Crippen LogP contribution in [0.5, 0.6) is 0 Å². The molecule has 29 heavy (non-hydrogen) atoms. The highest BCUT2D eigenvalue weighted by Gasteiger charge is 2.22. The fourth-order valence-electron chi connectivity index (χ4n) is 4.34. The molecule has 6 nitrogen and oxygen atoms in total. The number of nitrogens with one attached hydrogen (secondary N) is 2. The predicted octanol–water partition coefficient (Wildman–Crippen LogP) is 2.89. The zero-order chi connectivity index (χ0) is 20.5. The van der Waals surface area contributed by atoms with Gasteiger partial charge in [-0.25, -0.2) is 4.79 Å². The lowest BCUT2D eigenvalue weighted by atomic mass is 9.90. The number of urea groups is 1. The molecule has 2 heterocycles. The van der Waals surface area contributed by atoms with Crippen LogP contribution in [0.1, 0.15) is 54.9 Å². The lowest BCUT2D eigenvalue weighted by molar-refractivity contribution is 0.0946. The fraction of sp³-hybridized carbons (Fsp3) is 0.652. The van der Waals surface area contributed by atoms with Crippen LogP contribution in [-0.2, 0) is 6.42 Å². The molecule has 0 saturated carbocycles. The van der Waals surface area contributed by atoms with Crippen molar-refractivity contribution in [3.8, 4) is 0 Å². The van der Waals surface area contributed by atoms with Crippen molar-refractivity contribution in [3.05, 3.63) is 35.4 Å². The number of carbonyl (C=O) groups is 2. The van der Waals surface area contributed by atoms with Gasteiger partial charge in [-0.1, -0.05) is 18.6 Å². The van der Waals surface area contributed by atoms with Crippen LogP contribution >= 0.6 is 0 Å². The maximum Gasteiger partial charge on any atom is 0.317 e. The van der Waals surface area contributed by atoms with Crippen molar-refractivity contribution in [3.63, 3.8) is 0 Å². The summed E-state index contributed by atoms with van der Waals surface area (Å²) in [7, 11) is 0. The summed E-state index contributed by atoms with van der Waals surface area (Å²) in [6, 6.07) is 8.09. The minimum absolute atomic E-state index is 0.0174. The smallest absolute Gasteiger partial charge is 0.317 e. The number of amides is 3. The Labute approximate surface area is 175 Å². The molecule has 3 amide bonds. The molecule has 0 bridgehead atoms. The van der Waals surface area contributed by atoms with Gasteiger partial charge in [-0.15, -0.1) is 0 Å². The van der Waals surface area contributed by atoms with Gasteiger partial charge in [-0.05, 0) is 75.7 Å². The third-order valence-electron chi connectivity index (χ3n) is 6.13. The summed E-state index contributed by atoms with van der Waals surface area (Å²) in [6.45, 7) is 8.26. The van der Waals surface area contributed by atoms with Crippen molar-refractivity contribution in [1.82, 2.24) is 20.4 Å². The van der Waals surface area contributed by atoms with E-state index in [-0.39, 0.29) is 11.9 Å². The highest BCUT2D eigenvalue weighted by Crippen LogP contribution is 2.22. The van der Waals surface area contributed by atoms with Crippen LogP contribution in [-0.4, -0.2) is 67.6 Å². The molecule has 6 heteroatoms. The SMILES string of the molecule is CCNC(=O)N1CCC(Cc2ccc(C(=O)NCCN3CCCCC3)cc2)CC1. The molecular weight excluding hydrogens is 364 g/mol. The Morgan fingerprint density at radius 1 is 0.966 bits per heavy atom. The molecule has 2 aliphatic rings. The summed E-state index contributed by atoms with van der Waals surface area (Å²) in [5, 5.41) is 5.92. The first-order valence-electron chi connectivity index (χ1n) is 11.3. The molecule has 1 aromatic carbocycles. The van der Waals surface area contributed by atoms with Crippen LogP contribution in [0.25, 0.3) is 0 Å². The molecule has 3 rings (SSSR count).